The number of fused-ring (bicyclic) bond motifs is 3. The van der Waals surface area contributed by atoms with E-state index in [1.165, 1.54) is 0 Å². The first kappa shape index (κ1) is 31.1. The lowest BCUT2D eigenvalue weighted by molar-refractivity contribution is -0.127. The minimum absolute atomic E-state index is 0.0471. The molecule has 3 aliphatic carbocycles. The Balaban J connectivity index is 1.14. The Hall–Kier alpha value is -3.36. The number of aliphatic hydroxyl groups is 1. The quantitative estimate of drug-likeness (QED) is 0.191. The summed E-state index contributed by atoms with van der Waals surface area (Å²) in [5.41, 5.74) is 2.51. The molecule has 0 spiro atoms. The van der Waals surface area contributed by atoms with E-state index in [0.29, 0.717) is 25.8 Å². The predicted molar refractivity (Wildman–Crippen MR) is 164 cm³/mol. The highest BCUT2D eigenvalue weighted by Gasteiger charge is 2.48. The van der Waals surface area contributed by atoms with Crippen LogP contribution in [0.2, 0.25) is 0 Å². The lowest BCUT2D eigenvalue weighted by atomic mass is 9.73. The van der Waals surface area contributed by atoms with Gasteiger partial charge in [-0.1, -0.05) is 72.8 Å². The summed E-state index contributed by atoms with van der Waals surface area (Å²) in [6.45, 7) is 0.573. The Morgan fingerprint density at radius 2 is 1.60 bits per heavy atom. The molecular weight excluding hydrogens is 548 g/mol. The molecule has 5 rings (SSSR count). The molecular formula is C35H43F2N3O3. The Labute approximate surface area is 253 Å². The summed E-state index contributed by atoms with van der Waals surface area (Å²) < 4.78 is 27.5. The largest absolute Gasteiger partial charge is 0.378 e. The van der Waals surface area contributed by atoms with E-state index >= 15 is 0 Å². The maximum Gasteiger partial charge on any atom is 0.262 e. The zero-order chi connectivity index (χ0) is 30.5. The summed E-state index contributed by atoms with van der Waals surface area (Å²) >= 11 is 0. The molecule has 0 aliphatic heterocycles. The molecule has 2 amide bonds. The van der Waals surface area contributed by atoms with Crippen LogP contribution in [0.1, 0.15) is 69.4 Å². The third kappa shape index (κ3) is 7.07. The number of carbonyl (C=O) groups excluding carboxylic acids is 2. The van der Waals surface area contributed by atoms with Crippen molar-refractivity contribution in [3.05, 3.63) is 84.0 Å². The van der Waals surface area contributed by atoms with E-state index in [0.717, 1.165) is 61.3 Å². The molecule has 6 nitrogen and oxygen atoms in total. The molecule has 0 heterocycles. The van der Waals surface area contributed by atoms with Crippen LogP contribution in [0.15, 0.2) is 72.8 Å². The summed E-state index contributed by atoms with van der Waals surface area (Å²) in [5, 5.41) is 19.5. The van der Waals surface area contributed by atoms with Crippen molar-refractivity contribution in [2.45, 2.75) is 81.9 Å². The van der Waals surface area contributed by atoms with E-state index in [-0.39, 0.29) is 23.8 Å². The molecule has 43 heavy (non-hydrogen) atoms. The van der Waals surface area contributed by atoms with Gasteiger partial charge in [-0.3, -0.25) is 14.9 Å². The predicted octanol–water partition coefficient (Wildman–Crippen LogP) is 5.61. The van der Waals surface area contributed by atoms with Gasteiger partial charge in [0.05, 0.1) is 6.54 Å². The number of halogens is 2. The minimum atomic E-state index is -3.02. The average Bonchev–Trinajstić information content (AvgIpc) is 3.30. The molecule has 8 heteroatoms. The lowest BCUT2D eigenvalue weighted by Crippen LogP contribution is -2.47. The SMILES string of the molecule is CC(F)(F)CNC(=O)C1(CCCCNC(=O)C2CCC(NC(O)C3C=CC=CC3)CC2)c2ccccc2-c2ccccc21. The summed E-state index contributed by atoms with van der Waals surface area (Å²) in [6.07, 6.45) is 13.3. The van der Waals surface area contributed by atoms with Gasteiger partial charge in [-0.25, -0.2) is 8.78 Å². The highest BCUT2D eigenvalue weighted by molar-refractivity contribution is 6.00. The molecule has 0 bridgehead atoms. The molecule has 0 radical (unpaired) electrons. The number of alkyl halides is 2. The third-order valence-corrected chi connectivity index (χ3v) is 9.21. The van der Waals surface area contributed by atoms with E-state index in [1.54, 1.807) is 0 Å². The minimum Gasteiger partial charge on any atom is -0.378 e. The summed E-state index contributed by atoms with van der Waals surface area (Å²) in [6, 6.07) is 15.6. The van der Waals surface area contributed by atoms with E-state index in [4.69, 9.17) is 0 Å². The average molecular weight is 592 g/mol. The maximum atomic E-state index is 13.8. The zero-order valence-electron chi connectivity index (χ0n) is 24.8. The first-order valence-corrected chi connectivity index (χ1v) is 15.6. The Kier molecular flexibility index (Phi) is 9.77. The Morgan fingerprint density at radius 3 is 2.21 bits per heavy atom. The second kappa shape index (κ2) is 13.5. The number of nitrogens with one attached hydrogen (secondary N) is 3. The fourth-order valence-electron chi connectivity index (χ4n) is 6.93. The lowest BCUT2D eigenvalue weighted by Gasteiger charge is -2.32. The van der Waals surface area contributed by atoms with Crippen LogP contribution in [0.4, 0.5) is 8.78 Å². The summed E-state index contributed by atoms with van der Waals surface area (Å²) in [7, 11) is 0. The van der Waals surface area contributed by atoms with Crippen molar-refractivity contribution in [3.8, 4) is 11.1 Å². The summed E-state index contributed by atoms with van der Waals surface area (Å²) in [4.78, 5) is 26.7. The van der Waals surface area contributed by atoms with E-state index in [9.17, 15) is 23.5 Å². The first-order valence-electron chi connectivity index (χ1n) is 15.6. The van der Waals surface area contributed by atoms with Gasteiger partial charge in [0.15, 0.2) is 0 Å². The van der Waals surface area contributed by atoms with Crippen LogP contribution < -0.4 is 16.0 Å². The zero-order valence-corrected chi connectivity index (χ0v) is 24.8. The van der Waals surface area contributed by atoms with Crippen LogP contribution >= 0.6 is 0 Å². The molecule has 2 aromatic carbocycles. The van der Waals surface area contributed by atoms with Gasteiger partial charge in [-0.2, -0.15) is 0 Å². The fourth-order valence-corrected chi connectivity index (χ4v) is 6.93. The molecule has 0 saturated heterocycles. The van der Waals surface area contributed by atoms with Crippen molar-refractivity contribution < 1.29 is 23.5 Å². The second-order valence-electron chi connectivity index (χ2n) is 12.4. The van der Waals surface area contributed by atoms with Gasteiger partial charge in [0.1, 0.15) is 11.6 Å². The number of amides is 2. The van der Waals surface area contributed by atoms with Gasteiger partial charge >= 0.3 is 0 Å². The number of benzene rings is 2. The van der Waals surface area contributed by atoms with Crippen LogP contribution in [0.5, 0.6) is 0 Å². The number of rotatable bonds is 12. The molecule has 0 aromatic heterocycles. The highest BCUT2D eigenvalue weighted by atomic mass is 19.3. The van der Waals surface area contributed by atoms with Gasteiger partial charge in [0, 0.05) is 31.3 Å². The molecule has 2 aromatic rings. The van der Waals surface area contributed by atoms with Gasteiger partial charge in [-0.05, 0) is 73.6 Å². The van der Waals surface area contributed by atoms with Crippen LogP contribution in [0, 0.1) is 11.8 Å². The Morgan fingerprint density at radius 1 is 0.953 bits per heavy atom. The first-order chi connectivity index (χ1) is 20.7. The van der Waals surface area contributed by atoms with Gasteiger partial charge < -0.3 is 15.7 Å². The molecule has 2 atom stereocenters. The van der Waals surface area contributed by atoms with Gasteiger partial charge in [0.25, 0.3) is 5.92 Å². The second-order valence-corrected chi connectivity index (χ2v) is 12.4. The number of carbonyl (C=O) groups is 2. The van der Waals surface area contributed by atoms with Gasteiger partial charge in [-0.15, -0.1) is 0 Å². The number of allylic oxidation sites excluding steroid dienone is 3. The molecule has 1 fully saturated rings. The van der Waals surface area contributed by atoms with Gasteiger partial charge in [0.2, 0.25) is 11.8 Å². The third-order valence-electron chi connectivity index (χ3n) is 9.21. The highest BCUT2D eigenvalue weighted by Crippen LogP contribution is 2.51. The van der Waals surface area contributed by atoms with E-state index < -0.39 is 30.0 Å². The van der Waals surface area contributed by atoms with Crippen molar-refractivity contribution in [3.63, 3.8) is 0 Å². The number of unbranched alkanes of at least 4 members (excludes halogenated alkanes) is 1. The molecule has 3 aliphatic rings. The van der Waals surface area contributed by atoms with E-state index in [1.807, 2.05) is 66.8 Å². The van der Waals surface area contributed by atoms with Crippen molar-refractivity contribution in [2.75, 3.05) is 13.1 Å². The molecule has 2 unspecified atom stereocenters. The van der Waals surface area contributed by atoms with Crippen molar-refractivity contribution in [1.82, 2.24) is 16.0 Å². The molecule has 1 saturated carbocycles. The maximum absolute atomic E-state index is 13.8. The summed E-state index contributed by atoms with van der Waals surface area (Å²) in [5.74, 6) is -3.35. The number of hydrogen-bond acceptors (Lipinski definition) is 4. The fraction of sp³-hybridized carbons (Fsp3) is 0.486. The Bertz CT molecular complexity index is 1300. The topological polar surface area (TPSA) is 90.5 Å². The smallest absolute Gasteiger partial charge is 0.262 e. The van der Waals surface area contributed by atoms with Crippen LogP contribution in [-0.4, -0.2) is 48.2 Å². The van der Waals surface area contributed by atoms with Crippen molar-refractivity contribution >= 4 is 11.8 Å². The van der Waals surface area contributed by atoms with Crippen LogP contribution in [-0.2, 0) is 15.0 Å². The van der Waals surface area contributed by atoms with Crippen molar-refractivity contribution in [2.24, 2.45) is 11.8 Å². The standard InChI is InChI=1S/C35H43F2N3O3/c1-34(36,37)23-39-33(43)35(29-15-7-5-13-27(29)28-14-6-8-16-30(28)35)21-9-10-22-38-31(41)25-17-19-26(20-18-25)40-32(42)24-11-3-2-4-12-24/h2-8,11,13-16,24-26,32,40,42H,9-10,12,17-23H2,1H3,(H,38,41)(H,39,43). The molecule has 230 valence electrons. The van der Waals surface area contributed by atoms with Crippen molar-refractivity contribution in [1.29, 1.82) is 0 Å². The van der Waals surface area contributed by atoms with Crippen LogP contribution in [0.3, 0.4) is 0 Å². The van der Waals surface area contributed by atoms with E-state index in [2.05, 4.69) is 22.0 Å². The number of aliphatic hydroxyl groups excluding tert-OH is 1. The monoisotopic (exact) mass is 591 g/mol. The normalized spacial score (nSPS) is 22.8. The number of hydrogen-bond donors (Lipinski definition) is 4. The molecule has 4 N–H and O–H groups in total. The van der Waals surface area contributed by atoms with Crippen LogP contribution in [0.25, 0.3) is 11.1 Å².